The Morgan fingerprint density at radius 2 is 1.21 bits per heavy atom. The number of allylic oxidation sites excluding steroid dienone is 2. The highest BCUT2D eigenvalue weighted by Gasteiger charge is 2.56. The van der Waals surface area contributed by atoms with Gasteiger partial charge in [0.05, 0.1) is 11.8 Å². The molecule has 1 N–H and O–H groups in total. The lowest BCUT2D eigenvalue weighted by molar-refractivity contribution is -0.149. The Hall–Kier alpha value is -3.21. The van der Waals surface area contributed by atoms with E-state index in [2.05, 4.69) is 5.43 Å². The minimum absolute atomic E-state index is 0.0776. The van der Waals surface area contributed by atoms with Crippen molar-refractivity contribution in [2.45, 2.75) is 24.7 Å². The summed E-state index contributed by atoms with van der Waals surface area (Å²) in [6.45, 7) is 0. The maximum Gasteiger partial charge on any atom is 0.253 e. The standard InChI is InChI=1S/C24H22N2O3/c27-22(17-11-12-17)25-26-23(28)20-18(15-7-3-1-4-8-15)13-14-19(21(20)24(26)29)16-9-5-2-6-10-16/h1-10,13-14,17-21H,11-12H2,(H,25,27)/t18-,19+,20-,21-/m1/s1. The number of hydrogen-bond donors (Lipinski definition) is 1. The van der Waals surface area contributed by atoms with Gasteiger partial charge in [-0.2, -0.15) is 5.01 Å². The van der Waals surface area contributed by atoms with Crippen molar-refractivity contribution in [3.8, 4) is 0 Å². The topological polar surface area (TPSA) is 66.5 Å². The molecule has 5 heteroatoms. The SMILES string of the molecule is O=C(NN1C(=O)[C@H]2[C@H](C1=O)[C@H](c1ccccc1)C=C[C@@H]2c1ccccc1)C1CC1. The number of nitrogens with zero attached hydrogens (tertiary/aromatic N) is 1. The van der Waals surface area contributed by atoms with Crippen molar-refractivity contribution in [2.24, 2.45) is 17.8 Å². The Balaban J connectivity index is 1.55. The smallest absolute Gasteiger partial charge is 0.253 e. The Labute approximate surface area is 169 Å². The highest BCUT2D eigenvalue weighted by atomic mass is 16.2. The van der Waals surface area contributed by atoms with Crippen LogP contribution in [0.25, 0.3) is 0 Å². The molecule has 4 atom stereocenters. The van der Waals surface area contributed by atoms with E-state index in [1.165, 1.54) is 0 Å². The van der Waals surface area contributed by atoms with Crippen molar-refractivity contribution >= 4 is 17.7 Å². The number of carbonyl (C=O) groups excluding carboxylic acids is 3. The van der Waals surface area contributed by atoms with Crippen LogP contribution >= 0.6 is 0 Å². The van der Waals surface area contributed by atoms with Crippen LogP contribution in [0.3, 0.4) is 0 Å². The van der Waals surface area contributed by atoms with Gasteiger partial charge in [-0.05, 0) is 24.0 Å². The van der Waals surface area contributed by atoms with Crippen LogP contribution in [0.1, 0.15) is 35.8 Å². The second kappa shape index (κ2) is 6.99. The van der Waals surface area contributed by atoms with E-state index in [1.54, 1.807) is 0 Å². The van der Waals surface area contributed by atoms with Crippen LogP contribution in [0.5, 0.6) is 0 Å². The molecule has 0 spiro atoms. The average molecular weight is 386 g/mol. The first-order chi connectivity index (χ1) is 14.1. The molecule has 3 amide bonds. The first-order valence-electron chi connectivity index (χ1n) is 10.1. The minimum atomic E-state index is -0.528. The zero-order chi connectivity index (χ0) is 20.0. The van der Waals surface area contributed by atoms with Crippen LogP contribution in [-0.2, 0) is 14.4 Å². The first-order valence-corrected chi connectivity index (χ1v) is 10.1. The molecule has 29 heavy (non-hydrogen) atoms. The van der Waals surface area contributed by atoms with Crippen molar-refractivity contribution in [3.05, 3.63) is 83.9 Å². The zero-order valence-electron chi connectivity index (χ0n) is 15.9. The van der Waals surface area contributed by atoms with Crippen LogP contribution in [0.2, 0.25) is 0 Å². The largest absolute Gasteiger partial charge is 0.273 e. The van der Waals surface area contributed by atoms with Gasteiger partial charge in [-0.15, -0.1) is 0 Å². The lowest BCUT2D eigenvalue weighted by atomic mass is 9.68. The van der Waals surface area contributed by atoms with Gasteiger partial charge in [0.25, 0.3) is 11.8 Å². The quantitative estimate of drug-likeness (QED) is 0.648. The summed E-state index contributed by atoms with van der Waals surface area (Å²) in [5.74, 6) is -2.38. The molecule has 1 heterocycles. The molecule has 1 aliphatic heterocycles. The van der Waals surface area contributed by atoms with Crippen molar-refractivity contribution in [1.82, 2.24) is 10.4 Å². The lowest BCUT2D eigenvalue weighted by Gasteiger charge is -2.32. The van der Waals surface area contributed by atoms with Gasteiger partial charge in [0, 0.05) is 17.8 Å². The summed E-state index contributed by atoms with van der Waals surface area (Å²) in [6, 6.07) is 19.6. The number of fused-ring (bicyclic) bond motifs is 1. The van der Waals surface area contributed by atoms with E-state index in [0.29, 0.717) is 0 Å². The van der Waals surface area contributed by atoms with Gasteiger partial charge < -0.3 is 0 Å². The van der Waals surface area contributed by atoms with Crippen LogP contribution < -0.4 is 5.43 Å². The molecule has 0 radical (unpaired) electrons. The predicted octanol–water partition coefficient (Wildman–Crippen LogP) is 3.17. The van der Waals surface area contributed by atoms with Gasteiger partial charge >= 0.3 is 0 Å². The summed E-state index contributed by atoms with van der Waals surface area (Å²) in [5, 5.41) is 0.995. The number of hydrogen-bond acceptors (Lipinski definition) is 3. The van der Waals surface area contributed by atoms with Crippen molar-refractivity contribution in [2.75, 3.05) is 0 Å². The van der Waals surface area contributed by atoms with Crippen LogP contribution in [-0.4, -0.2) is 22.7 Å². The molecule has 0 unspecified atom stereocenters. The number of benzene rings is 2. The average Bonchev–Trinajstić information content (AvgIpc) is 3.59. The number of rotatable bonds is 4. The van der Waals surface area contributed by atoms with Gasteiger partial charge in [-0.1, -0.05) is 72.8 Å². The van der Waals surface area contributed by atoms with E-state index in [9.17, 15) is 14.4 Å². The normalized spacial score (nSPS) is 28.3. The Morgan fingerprint density at radius 3 is 1.62 bits per heavy atom. The lowest BCUT2D eigenvalue weighted by Crippen LogP contribution is -2.47. The van der Waals surface area contributed by atoms with E-state index in [1.807, 2.05) is 72.8 Å². The molecule has 1 saturated heterocycles. The first kappa shape index (κ1) is 17.9. The van der Waals surface area contributed by atoms with Gasteiger partial charge in [-0.3, -0.25) is 19.8 Å². The van der Waals surface area contributed by atoms with E-state index in [0.717, 1.165) is 29.0 Å². The predicted molar refractivity (Wildman–Crippen MR) is 107 cm³/mol. The summed E-state index contributed by atoms with van der Waals surface area (Å²) in [4.78, 5) is 39.0. The molecule has 0 aromatic heterocycles. The molecular formula is C24H22N2O3. The van der Waals surface area contributed by atoms with E-state index in [-0.39, 0.29) is 35.5 Å². The molecule has 1 saturated carbocycles. The number of nitrogens with one attached hydrogen (secondary N) is 1. The monoisotopic (exact) mass is 386 g/mol. The second-order valence-electron chi connectivity index (χ2n) is 8.07. The third kappa shape index (κ3) is 3.07. The van der Waals surface area contributed by atoms with Gasteiger partial charge in [0.1, 0.15) is 0 Å². The van der Waals surface area contributed by atoms with E-state index in [4.69, 9.17) is 0 Å². The Morgan fingerprint density at radius 1 is 0.759 bits per heavy atom. The van der Waals surface area contributed by atoms with E-state index < -0.39 is 11.8 Å². The summed E-state index contributed by atoms with van der Waals surface area (Å²) in [7, 11) is 0. The van der Waals surface area contributed by atoms with Gasteiger partial charge in [-0.25, -0.2) is 0 Å². The fourth-order valence-corrected chi connectivity index (χ4v) is 4.59. The highest BCUT2D eigenvalue weighted by Crippen LogP contribution is 2.48. The van der Waals surface area contributed by atoms with Crippen molar-refractivity contribution in [3.63, 3.8) is 0 Å². The molecule has 3 aliphatic rings. The van der Waals surface area contributed by atoms with E-state index >= 15 is 0 Å². The molecule has 5 nitrogen and oxygen atoms in total. The second-order valence-corrected chi connectivity index (χ2v) is 8.07. The molecule has 2 fully saturated rings. The Kier molecular flexibility index (Phi) is 4.31. The fraction of sp³-hybridized carbons (Fsp3) is 0.292. The molecule has 2 aromatic carbocycles. The fourth-order valence-electron chi connectivity index (χ4n) is 4.59. The van der Waals surface area contributed by atoms with Crippen LogP contribution in [0, 0.1) is 17.8 Å². The molecule has 5 rings (SSSR count). The maximum absolute atomic E-state index is 13.3. The third-order valence-corrected chi connectivity index (χ3v) is 6.24. The molecule has 2 aromatic rings. The Bertz CT molecular complexity index is 914. The summed E-state index contributed by atoms with van der Waals surface area (Å²) >= 11 is 0. The molecule has 2 aliphatic carbocycles. The number of amides is 3. The third-order valence-electron chi connectivity index (χ3n) is 6.24. The van der Waals surface area contributed by atoms with Gasteiger partial charge in [0.2, 0.25) is 5.91 Å². The highest BCUT2D eigenvalue weighted by molar-refractivity contribution is 6.07. The summed E-state index contributed by atoms with van der Waals surface area (Å²) in [5.41, 5.74) is 4.61. The minimum Gasteiger partial charge on any atom is -0.273 e. The number of carbonyl (C=O) groups is 3. The van der Waals surface area contributed by atoms with Crippen molar-refractivity contribution < 1.29 is 14.4 Å². The van der Waals surface area contributed by atoms with Crippen LogP contribution in [0.4, 0.5) is 0 Å². The molecular weight excluding hydrogens is 364 g/mol. The number of imide groups is 1. The summed E-state index contributed by atoms with van der Waals surface area (Å²) in [6.07, 6.45) is 5.72. The zero-order valence-corrected chi connectivity index (χ0v) is 15.9. The molecule has 0 bridgehead atoms. The van der Waals surface area contributed by atoms with Crippen LogP contribution in [0.15, 0.2) is 72.8 Å². The van der Waals surface area contributed by atoms with Crippen molar-refractivity contribution in [1.29, 1.82) is 0 Å². The number of hydrazine groups is 1. The van der Waals surface area contributed by atoms with Gasteiger partial charge in [0.15, 0.2) is 0 Å². The summed E-state index contributed by atoms with van der Waals surface area (Å²) < 4.78 is 0. The molecule has 146 valence electrons. The maximum atomic E-state index is 13.3.